The standard InChI is InChI=1S/C16H24BrN3O2/c1-16(2,3)7-14(21)20-6-4-5-12(10-20)11-22-15-18-8-13(17)9-19-15/h8-9,12H,4-7,10-11H2,1-3H3. The fourth-order valence-electron chi connectivity index (χ4n) is 2.56. The molecular formula is C16H24BrN3O2. The van der Waals surface area contributed by atoms with Crippen LogP contribution in [0.15, 0.2) is 16.9 Å². The van der Waals surface area contributed by atoms with Crippen molar-refractivity contribution in [3.05, 3.63) is 16.9 Å². The van der Waals surface area contributed by atoms with Gasteiger partial charge in [-0.05, 0) is 34.2 Å². The summed E-state index contributed by atoms with van der Waals surface area (Å²) >= 11 is 3.30. The van der Waals surface area contributed by atoms with E-state index in [9.17, 15) is 4.79 Å². The molecule has 0 radical (unpaired) electrons. The van der Waals surface area contributed by atoms with E-state index in [4.69, 9.17) is 4.74 Å². The second-order valence-corrected chi connectivity index (χ2v) is 8.00. The summed E-state index contributed by atoms with van der Waals surface area (Å²) in [5, 5.41) is 0. The number of halogens is 1. The third kappa shape index (κ3) is 5.55. The highest BCUT2D eigenvalue weighted by molar-refractivity contribution is 9.10. The fraction of sp³-hybridized carbons (Fsp3) is 0.688. The van der Waals surface area contributed by atoms with Gasteiger partial charge in [-0.2, -0.15) is 0 Å². The van der Waals surface area contributed by atoms with E-state index in [0.29, 0.717) is 25.0 Å². The number of piperidine rings is 1. The number of rotatable bonds is 4. The van der Waals surface area contributed by atoms with Gasteiger partial charge in [0, 0.05) is 37.8 Å². The predicted molar refractivity (Wildman–Crippen MR) is 88.6 cm³/mol. The molecule has 0 saturated carbocycles. The van der Waals surface area contributed by atoms with Crippen molar-refractivity contribution in [1.29, 1.82) is 0 Å². The van der Waals surface area contributed by atoms with Crippen molar-refractivity contribution in [3.8, 4) is 6.01 Å². The summed E-state index contributed by atoms with van der Waals surface area (Å²) in [6.45, 7) is 8.48. The molecule has 1 aliphatic rings. The van der Waals surface area contributed by atoms with Gasteiger partial charge in [-0.3, -0.25) is 4.79 Å². The van der Waals surface area contributed by atoms with Gasteiger partial charge >= 0.3 is 6.01 Å². The molecule has 6 heteroatoms. The van der Waals surface area contributed by atoms with Crippen molar-refractivity contribution in [2.75, 3.05) is 19.7 Å². The summed E-state index contributed by atoms with van der Waals surface area (Å²) in [4.78, 5) is 22.5. The van der Waals surface area contributed by atoms with E-state index in [1.807, 2.05) is 4.90 Å². The van der Waals surface area contributed by atoms with E-state index in [2.05, 4.69) is 46.7 Å². The fourth-order valence-corrected chi connectivity index (χ4v) is 2.77. The van der Waals surface area contributed by atoms with E-state index >= 15 is 0 Å². The zero-order chi connectivity index (χ0) is 16.2. The summed E-state index contributed by atoms with van der Waals surface area (Å²) < 4.78 is 6.48. The van der Waals surface area contributed by atoms with Gasteiger partial charge in [-0.25, -0.2) is 9.97 Å². The van der Waals surface area contributed by atoms with Crippen LogP contribution in [0.4, 0.5) is 0 Å². The second kappa shape index (κ2) is 7.40. The van der Waals surface area contributed by atoms with Crippen molar-refractivity contribution < 1.29 is 9.53 Å². The topological polar surface area (TPSA) is 55.3 Å². The van der Waals surface area contributed by atoms with Gasteiger partial charge in [0.25, 0.3) is 0 Å². The molecule has 0 spiro atoms. The third-order valence-electron chi connectivity index (χ3n) is 3.60. The number of amides is 1. The molecule has 1 aromatic heterocycles. The first kappa shape index (κ1) is 17.2. The van der Waals surface area contributed by atoms with Gasteiger partial charge in [-0.1, -0.05) is 20.8 Å². The lowest BCUT2D eigenvalue weighted by molar-refractivity contribution is -0.135. The van der Waals surface area contributed by atoms with Crippen molar-refractivity contribution >= 4 is 21.8 Å². The first-order valence-corrected chi connectivity index (χ1v) is 8.51. The lowest BCUT2D eigenvalue weighted by atomic mass is 9.90. The van der Waals surface area contributed by atoms with Crippen molar-refractivity contribution in [1.82, 2.24) is 14.9 Å². The predicted octanol–water partition coefficient (Wildman–Crippen LogP) is 3.29. The second-order valence-electron chi connectivity index (χ2n) is 7.08. The highest BCUT2D eigenvalue weighted by Crippen LogP contribution is 2.23. The van der Waals surface area contributed by atoms with Gasteiger partial charge < -0.3 is 9.64 Å². The van der Waals surface area contributed by atoms with Crippen LogP contribution in [0, 0.1) is 11.3 Å². The van der Waals surface area contributed by atoms with Crippen LogP contribution in [0.25, 0.3) is 0 Å². The molecule has 1 aromatic rings. The number of hydrogen-bond donors (Lipinski definition) is 0. The van der Waals surface area contributed by atoms with Crippen LogP contribution < -0.4 is 4.74 Å². The van der Waals surface area contributed by atoms with Crippen LogP contribution in [-0.2, 0) is 4.79 Å². The molecular weight excluding hydrogens is 346 g/mol. The Hall–Kier alpha value is -1.17. The molecule has 5 nitrogen and oxygen atoms in total. The monoisotopic (exact) mass is 369 g/mol. The van der Waals surface area contributed by atoms with Crippen LogP contribution in [0.3, 0.4) is 0 Å². The van der Waals surface area contributed by atoms with E-state index < -0.39 is 0 Å². The van der Waals surface area contributed by atoms with Crippen LogP contribution in [-0.4, -0.2) is 40.5 Å². The first-order chi connectivity index (χ1) is 10.3. The molecule has 2 rings (SSSR count). The van der Waals surface area contributed by atoms with Crippen LogP contribution in [0.2, 0.25) is 0 Å². The summed E-state index contributed by atoms with van der Waals surface area (Å²) in [7, 11) is 0. The molecule has 1 atom stereocenters. The summed E-state index contributed by atoms with van der Waals surface area (Å²) in [6.07, 6.45) is 6.04. The van der Waals surface area contributed by atoms with E-state index in [0.717, 1.165) is 30.4 Å². The summed E-state index contributed by atoms with van der Waals surface area (Å²) in [6, 6.07) is 0.390. The Morgan fingerprint density at radius 3 is 2.73 bits per heavy atom. The highest BCUT2D eigenvalue weighted by Gasteiger charge is 2.27. The molecule has 0 N–H and O–H groups in total. The largest absolute Gasteiger partial charge is 0.463 e. The number of carbonyl (C=O) groups excluding carboxylic acids is 1. The quantitative estimate of drug-likeness (QED) is 0.816. The average Bonchev–Trinajstić information content (AvgIpc) is 2.45. The zero-order valence-corrected chi connectivity index (χ0v) is 15.1. The zero-order valence-electron chi connectivity index (χ0n) is 13.5. The number of likely N-dealkylation sites (tertiary alicyclic amines) is 1. The molecule has 1 fully saturated rings. The molecule has 1 amide bonds. The molecule has 0 bridgehead atoms. The maximum absolute atomic E-state index is 12.3. The summed E-state index contributed by atoms with van der Waals surface area (Å²) in [5.41, 5.74) is 0.0335. The van der Waals surface area contributed by atoms with Crippen LogP contribution >= 0.6 is 15.9 Å². The van der Waals surface area contributed by atoms with Crippen molar-refractivity contribution in [2.45, 2.75) is 40.0 Å². The third-order valence-corrected chi connectivity index (χ3v) is 4.01. The van der Waals surface area contributed by atoms with E-state index in [1.54, 1.807) is 12.4 Å². The Labute approximate surface area is 140 Å². The Morgan fingerprint density at radius 1 is 1.41 bits per heavy atom. The molecule has 0 aromatic carbocycles. The van der Waals surface area contributed by atoms with Crippen LogP contribution in [0.5, 0.6) is 6.01 Å². The minimum atomic E-state index is 0.0335. The first-order valence-electron chi connectivity index (χ1n) is 7.71. The van der Waals surface area contributed by atoms with E-state index in [1.165, 1.54) is 0 Å². The van der Waals surface area contributed by atoms with Gasteiger partial charge in [0.05, 0.1) is 11.1 Å². The molecule has 122 valence electrons. The molecule has 1 unspecified atom stereocenters. The Balaban J connectivity index is 1.82. The minimum absolute atomic E-state index is 0.0335. The van der Waals surface area contributed by atoms with Crippen LogP contribution in [0.1, 0.15) is 40.0 Å². The lowest BCUT2D eigenvalue weighted by Crippen LogP contribution is -2.42. The molecule has 2 heterocycles. The normalized spacial score (nSPS) is 19.1. The maximum Gasteiger partial charge on any atom is 0.316 e. The lowest BCUT2D eigenvalue weighted by Gasteiger charge is -2.34. The SMILES string of the molecule is CC(C)(C)CC(=O)N1CCCC(COc2ncc(Br)cn2)C1. The Kier molecular flexibility index (Phi) is 5.78. The van der Waals surface area contributed by atoms with Gasteiger partial charge in [0.2, 0.25) is 5.91 Å². The summed E-state index contributed by atoms with van der Waals surface area (Å²) in [5.74, 6) is 0.599. The minimum Gasteiger partial charge on any atom is -0.463 e. The molecule has 22 heavy (non-hydrogen) atoms. The van der Waals surface area contributed by atoms with E-state index in [-0.39, 0.29) is 11.3 Å². The number of hydrogen-bond acceptors (Lipinski definition) is 4. The van der Waals surface area contributed by atoms with Gasteiger partial charge in [-0.15, -0.1) is 0 Å². The molecule has 1 saturated heterocycles. The van der Waals surface area contributed by atoms with Gasteiger partial charge in [0.15, 0.2) is 0 Å². The van der Waals surface area contributed by atoms with Gasteiger partial charge in [0.1, 0.15) is 0 Å². The van der Waals surface area contributed by atoms with Crippen molar-refractivity contribution in [3.63, 3.8) is 0 Å². The average molecular weight is 370 g/mol. The van der Waals surface area contributed by atoms with Crippen molar-refractivity contribution in [2.24, 2.45) is 11.3 Å². The number of nitrogens with zero attached hydrogens (tertiary/aromatic N) is 3. The smallest absolute Gasteiger partial charge is 0.316 e. The molecule has 1 aliphatic heterocycles. The molecule has 0 aliphatic carbocycles. The number of ether oxygens (including phenoxy) is 1. The highest BCUT2D eigenvalue weighted by atomic mass is 79.9. The Morgan fingerprint density at radius 2 is 2.09 bits per heavy atom. The maximum atomic E-state index is 12.3. The Bertz CT molecular complexity index is 499. The number of carbonyl (C=O) groups is 1. The number of aromatic nitrogens is 2.